The molecule has 0 aliphatic heterocycles. The highest BCUT2D eigenvalue weighted by Gasteiger charge is 2.37. The highest BCUT2D eigenvalue weighted by molar-refractivity contribution is 6.31. The number of aromatic nitrogens is 3. The standard InChI is InChI=1S/C9H8ClF3N4/c10-5-3-6-7(15-4-5)17(2-1-14)8(16-6)9(11,12)13/h3-4H,1-2,14H2. The number of alkyl halides is 3. The van der Waals surface area contributed by atoms with Crippen LogP contribution in [-0.4, -0.2) is 21.1 Å². The molecule has 0 aliphatic rings. The minimum absolute atomic E-state index is 0.0000241. The average molecular weight is 265 g/mol. The number of nitrogens with two attached hydrogens (primary N) is 1. The van der Waals surface area contributed by atoms with Crippen molar-refractivity contribution in [2.75, 3.05) is 6.54 Å². The maximum atomic E-state index is 12.7. The Bertz CT molecular complexity index is 549. The quantitative estimate of drug-likeness (QED) is 0.903. The van der Waals surface area contributed by atoms with E-state index in [4.69, 9.17) is 17.3 Å². The van der Waals surface area contributed by atoms with Gasteiger partial charge in [-0.2, -0.15) is 13.2 Å². The van der Waals surface area contributed by atoms with Crippen LogP contribution < -0.4 is 5.73 Å². The molecular formula is C9H8ClF3N4. The highest BCUT2D eigenvalue weighted by Crippen LogP contribution is 2.31. The zero-order chi connectivity index (χ0) is 12.6. The Labute approximate surface area is 99.2 Å². The van der Waals surface area contributed by atoms with Gasteiger partial charge in [-0.1, -0.05) is 11.6 Å². The molecule has 17 heavy (non-hydrogen) atoms. The average Bonchev–Trinajstić information content (AvgIpc) is 2.56. The molecule has 2 N–H and O–H groups in total. The van der Waals surface area contributed by atoms with Crippen LogP contribution in [0.2, 0.25) is 5.02 Å². The van der Waals surface area contributed by atoms with Crippen molar-refractivity contribution < 1.29 is 13.2 Å². The normalized spacial score (nSPS) is 12.3. The van der Waals surface area contributed by atoms with Crippen molar-refractivity contribution in [2.45, 2.75) is 12.7 Å². The second kappa shape index (κ2) is 4.15. The van der Waals surface area contributed by atoms with Crippen molar-refractivity contribution in [3.8, 4) is 0 Å². The molecule has 8 heteroatoms. The van der Waals surface area contributed by atoms with E-state index in [0.29, 0.717) is 0 Å². The first-order chi connectivity index (χ1) is 7.93. The SMILES string of the molecule is NCCn1c(C(F)(F)F)nc2cc(Cl)cnc21. The van der Waals surface area contributed by atoms with Gasteiger partial charge in [0, 0.05) is 19.3 Å². The molecular weight excluding hydrogens is 257 g/mol. The number of imidazole rings is 1. The number of hydrogen-bond acceptors (Lipinski definition) is 3. The van der Waals surface area contributed by atoms with Crippen molar-refractivity contribution in [3.63, 3.8) is 0 Å². The fourth-order valence-corrected chi connectivity index (χ4v) is 1.70. The third-order valence-electron chi connectivity index (χ3n) is 2.16. The molecule has 2 aromatic heterocycles. The van der Waals surface area contributed by atoms with Gasteiger partial charge in [-0.05, 0) is 6.07 Å². The summed E-state index contributed by atoms with van der Waals surface area (Å²) in [5.41, 5.74) is 5.52. The van der Waals surface area contributed by atoms with E-state index in [-0.39, 0.29) is 29.3 Å². The maximum Gasteiger partial charge on any atom is 0.449 e. The molecule has 0 saturated heterocycles. The lowest BCUT2D eigenvalue weighted by atomic mass is 10.4. The second-order valence-corrected chi connectivity index (χ2v) is 3.81. The third kappa shape index (κ3) is 2.20. The largest absolute Gasteiger partial charge is 0.449 e. The smallest absolute Gasteiger partial charge is 0.329 e. The van der Waals surface area contributed by atoms with Crippen LogP contribution in [-0.2, 0) is 12.7 Å². The predicted octanol–water partition coefficient (Wildman–Crippen LogP) is 2.06. The molecule has 4 nitrogen and oxygen atoms in total. The van der Waals surface area contributed by atoms with Gasteiger partial charge in [-0.25, -0.2) is 9.97 Å². The number of hydrogen-bond donors (Lipinski definition) is 1. The molecule has 0 unspecified atom stereocenters. The zero-order valence-electron chi connectivity index (χ0n) is 8.50. The van der Waals surface area contributed by atoms with Gasteiger partial charge in [-0.15, -0.1) is 0 Å². The molecule has 0 atom stereocenters. The van der Waals surface area contributed by atoms with Crippen LogP contribution in [0.3, 0.4) is 0 Å². The Balaban J connectivity index is 2.70. The monoisotopic (exact) mass is 264 g/mol. The first-order valence-corrected chi connectivity index (χ1v) is 5.10. The van der Waals surface area contributed by atoms with Gasteiger partial charge in [0.25, 0.3) is 0 Å². The number of halogens is 4. The van der Waals surface area contributed by atoms with Gasteiger partial charge < -0.3 is 10.3 Å². The molecule has 92 valence electrons. The van der Waals surface area contributed by atoms with Crippen LogP contribution in [0, 0.1) is 0 Å². The molecule has 0 aromatic carbocycles. The van der Waals surface area contributed by atoms with Gasteiger partial charge in [0.15, 0.2) is 5.65 Å². The van der Waals surface area contributed by atoms with E-state index in [2.05, 4.69) is 9.97 Å². The van der Waals surface area contributed by atoms with Gasteiger partial charge >= 0.3 is 6.18 Å². The molecule has 2 heterocycles. The van der Waals surface area contributed by atoms with Crippen LogP contribution in [0.25, 0.3) is 11.2 Å². The van der Waals surface area contributed by atoms with Crippen LogP contribution in [0.5, 0.6) is 0 Å². The lowest BCUT2D eigenvalue weighted by Crippen LogP contribution is -2.19. The van der Waals surface area contributed by atoms with E-state index in [1.54, 1.807) is 0 Å². The third-order valence-corrected chi connectivity index (χ3v) is 2.36. The Kier molecular flexibility index (Phi) is 2.96. The fraction of sp³-hybridized carbons (Fsp3) is 0.333. The summed E-state index contributed by atoms with van der Waals surface area (Å²) in [5, 5.41) is 0.239. The van der Waals surface area contributed by atoms with E-state index < -0.39 is 12.0 Å². The van der Waals surface area contributed by atoms with E-state index in [9.17, 15) is 13.2 Å². The molecule has 2 rings (SSSR count). The maximum absolute atomic E-state index is 12.7. The van der Waals surface area contributed by atoms with Gasteiger partial charge in [0.2, 0.25) is 5.82 Å². The van der Waals surface area contributed by atoms with Crippen molar-refractivity contribution in [2.24, 2.45) is 5.73 Å². The highest BCUT2D eigenvalue weighted by atomic mass is 35.5. The van der Waals surface area contributed by atoms with E-state index in [0.717, 1.165) is 4.57 Å². The first-order valence-electron chi connectivity index (χ1n) is 4.72. The van der Waals surface area contributed by atoms with Crippen molar-refractivity contribution >= 4 is 22.8 Å². The number of nitrogens with zero attached hydrogens (tertiary/aromatic N) is 3. The van der Waals surface area contributed by atoms with Crippen molar-refractivity contribution in [1.82, 2.24) is 14.5 Å². The molecule has 0 saturated carbocycles. The van der Waals surface area contributed by atoms with E-state index in [1.807, 2.05) is 0 Å². The molecule has 0 aliphatic carbocycles. The summed E-state index contributed by atoms with van der Waals surface area (Å²) in [7, 11) is 0. The second-order valence-electron chi connectivity index (χ2n) is 3.37. The molecule has 2 aromatic rings. The minimum atomic E-state index is -4.54. The zero-order valence-corrected chi connectivity index (χ0v) is 9.26. The van der Waals surface area contributed by atoms with Gasteiger partial charge in [0.05, 0.1) is 5.02 Å². The van der Waals surface area contributed by atoms with Crippen molar-refractivity contribution in [1.29, 1.82) is 0 Å². The predicted molar refractivity (Wildman–Crippen MR) is 56.6 cm³/mol. The number of pyridine rings is 1. The molecule has 0 amide bonds. The minimum Gasteiger partial charge on any atom is -0.329 e. The Morgan fingerprint density at radius 2 is 2.12 bits per heavy atom. The fourth-order valence-electron chi connectivity index (χ4n) is 1.54. The summed E-state index contributed by atoms with van der Waals surface area (Å²) >= 11 is 5.65. The summed E-state index contributed by atoms with van der Waals surface area (Å²) < 4.78 is 39.1. The summed E-state index contributed by atoms with van der Waals surface area (Å²) in [6, 6.07) is 1.34. The summed E-state index contributed by atoms with van der Waals surface area (Å²) in [4.78, 5) is 7.35. The van der Waals surface area contributed by atoms with Gasteiger partial charge in [0.1, 0.15) is 5.52 Å². The number of fused-ring (bicyclic) bond motifs is 1. The number of rotatable bonds is 2. The van der Waals surface area contributed by atoms with E-state index in [1.165, 1.54) is 12.3 Å². The molecule has 0 fully saturated rings. The van der Waals surface area contributed by atoms with Gasteiger partial charge in [-0.3, -0.25) is 0 Å². The molecule has 0 radical (unpaired) electrons. The Hall–Kier alpha value is -1.34. The molecule has 0 bridgehead atoms. The van der Waals surface area contributed by atoms with Crippen LogP contribution in [0.1, 0.15) is 5.82 Å². The van der Waals surface area contributed by atoms with Crippen LogP contribution in [0.15, 0.2) is 12.3 Å². The first kappa shape index (κ1) is 12.1. The summed E-state index contributed by atoms with van der Waals surface area (Å²) in [6.45, 7) is 0.0683. The van der Waals surface area contributed by atoms with Crippen LogP contribution >= 0.6 is 11.6 Å². The Morgan fingerprint density at radius 1 is 1.41 bits per heavy atom. The van der Waals surface area contributed by atoms with E-state index >= 15 is 0 Å². The summed E-state index contributed by atoms with van der Waals surface area (Å²) in [6.07, 6.45) is -3.26. The lowest BCUT2D eigenvalue weighted by molar-refractivity contribution is -0.146. The Morgan fingerprint density at radius 3 is 2.71 bits per heavy atom. The lowest BCUT2D eigenvalue weighted by Gasteiger charge is -2.09. The molecule has 0 spiro atoms. The topological polar surface area (TPSA) is 56.7 Å². The summed E-state index contributed by atoms with van der Waals surface area (Å²) in [5.74, 6) is -1.01. The van der Waals surface area contributed by atoms with Crippen molar-refractivity contribution in [3.05, 3.63) is 23.1 Å². The van der Waals surface area contributed by atoms with Crippen LogP contribution in [0.4, 0.5) is 13.2 Å².